The summed E-state index contributed by atoms with van der Waals surface area (Å²) in [6.45, 7) is 2.03. The molecule has 2 aromatic rings. The third-order valence-corrected chi connectivity index (χ3v) is 3.30. The van der Waals surface area contributed by atoms with Gasteiger partial charge in [0, 0.05) is 14.2 Å². The van der Waals surface area contributed by atoms with Crippen LogP contribution in [0.25, 0.3) is 11.4 Å². The van der Waals surface area contributed by atoms with Gasteiger partial charge >= 0.3 is 5.97 Å². The van der Waals surface area contributed by atoms with Crippen molar-refractivity contribution in [3.8, 4) is 11.4 Å². The van der Waals surface area contributed by atoms with Gasteiger partial charge < -0.3 is 4.74 Å². The second kappa shape index (κ2) is 5.66. The van der Waals surface area contributed by atoms with Gasteiger partial charge in [-0.15, -0.1) is 0 Å². The van der Waals surface area contributed by atoms with Crippen LogP contribution < -0.4 is 0 Å². The number of esters is 1. The molecule has 0 aliphatic rings. The molecule has 18 heavy (non-hydrogen) atoms. The van der Waals surface area contributed by atoms with Crippen molar-refractivity contribution in [2.75, 3.05) is 6.61 Å². The van der Waals surface area contributed by atoms with Gasteiger partial charge in [0.05, 0.1) is 6.61 Å². The number of H-pyrrole nitrogens is 1. The van der Waals surface area contributed by atoms with Crippen LogP contribution in [0, 0.1) is 3.57 Å². The Hall–Kier alpha value is -1.15. The van der Waals surface area contributed by atoms with E-state index in [0.717, 1.165) is 9.13 Å². The summed E-state index contributed by atoms with van der Waals surface area (Å²) in [7, 11) is 0. The van der Waals surface area contributed by atoms with Crippen LogP contribution in [0.5, 0.6) is 0 Å². The fraction of sp³-hybridized carbons (Fsp3) is 0.182. The van der Waals surface area contributed by atoms with Crippen molar-refractivity contribution >= 4 is 40.2 Å². The van der Waals surface area contributed by atoms with Gasteiger partial charge in [0.25, 0.3) is 0 Å². The maximum Gasteiger partial charge on any atom is 0.375 e. The quantitative estimate of drug-likeness (QED) is 0.660. The largest absolute Gasteiger partial charge is 0.460 e. The van der Waals surface area contributed by atoms with Gasteiger partial charge in [0.1, 0.15) is 0 Å². The summed E-state index contributed by atoms with van der Waals surface area (Å²) >= 11 is 8.08. The van der Waals surface area contributed by atoms with E-state index in [1.54, 1.807) is 19.1 Å². The average molecular weight is 378 g/mol. The minimum Gasteiger partial charge on any atom is -0.460 e. The smallest absolute Gasteiger partial charge is 0.375 e. The highest BCUT2D eigenvalue weighted by Gasteiger charge is 2.15. The van der Waals surface area contributed by atoms with E-state index >= 15 is 0 Å². The molecule has 0 saturated carbocycles. The third-order valence-electron chi connectivity index (χ3n) is 2.12. The third kappa shape index (κ3) is 2.81. The molecule has 94 valence electrons. The number of carbonyl (C=O) groups excluding carboxylic acids is 1. The van der Waals surface area contributed by atoms with Crippen LogP contribution in [0.15, 0.2) is 18.2 Å². The molecule has 0 unspecified atom stereocenters. The van der Waals surface area contributed by atoms with E-state index in [-0.39, 0.29) is 5.82 Å². The molecule has 1 aromatic heterocycles. The number of carbonyl (C=O) groups is 1. The van der Waals surface area contributed by atoms with Crippen LogP contribution in [-0.4, -0.2) is 27.8 Å². The Morgan fingerprint density at radius 1 is 1.56 bits per heavy atom. The van der Waals surface area contributed by atoms with Gasteiger partial charge in [0.15, 0.2) is 5.82 Å². The first-order valence-corrected chi connectivity index (χ1v) is 6.62. The number of ether oxygens (including phenoxy) is 1. The summed E-state index contributed by atoms with van der Waals surface area (Å²) in [6.07, 6.45) is 0. The van der Waals surface area contributed by atoms with Crippen molar-refractivity contribution in [2.45, 2.75) is 6.92 Å². The molecule has 1 heterocycles. The van der Waals surface area contributed by atoms with Crippen molar-refractivity contribution in [1.29, 1.82) is 0 Å². The van der Waals surface area contributed by atoms with Gasteiger partial charge in [-0.05, 0) is 47.7 Å². The fourth-order valence-corrected chi connectivity index (χ4v) is 2.09. The van der Waals surface area contributed by atoms with Crippen LogP contribution in [0.1, 0.15) is 17.5 Å². The van der Waals surface area contributed by atoms with Crippen molar-refractivity contribution in [3.05, 3.63) is 32.6 Å². The Kier molecular flexibility index (Phi) is 4.18. The molecule has 7 heteroatoms. The Morgan fingerprint density at radius 2 is 2.33 bits per heavy atom. The second-order valence-corrected chi connectivity index (χ2v) is 4.95. The van der Waals surface area contributed by atoms with E-state index in [0.29, 0.717) is 17.5 Å². The lowest BCUT2D eigenvalue weighted by Gasteiger charge is -1.99. The number of aromatic nitrogens is 3. The Bertz CT molecular complexity index is 585. The van der Waals surface area contributed by atoms with Crippen LogP contribution in [0.3, 0.4) is 0 Å². The molecule has 0 aliphatic heterocycles. The first kappa shape index (κ1) is 13.3. The summed E-state index contributed by atoms with van der Waals surface area (Å²) in [5, 5.41) is 7.14. The Morgan fingerprint density at radius 3 is 3.06 bits per heavy atom. The predicted molar refractivity (Wildman–Crippen MR) is 75.5 cm³/mol. The van der Waals surface area contributed by atoms with E-state index in [4.69, 9.17) is 16.3 Å². The van der Waals surface area contributed by atoms with E-state index in [1.807, 2.05) is 6.07 Å². The zero-order valence-electron chi connectivity index (χ0n) is 9.41. The molecule has 0 bridgehead atoms. The monoisotopic (exact) mass is 377 g/mol. The molecule has 1 aromatic carbocycles. The maximum absolute atomic E-state index is 11.5. The predicted octanol–water partition coefficient (Wildman–Crippen LogP) is 2.91. The van der Waals surface area contributed by atoms with Crippen LogP contribution in [0.2, 0.25) is 5.02 Å². The number of nitrogens with zero attached hydrogens (tertiary/aromatic N) is 2. The van der Waals surface area contributed by atoms with Crippen molar-refractivity contribution < 1.29 is 9.53 Å². The molecular weight excluding hydrogens is 368 g/mol. The number of hydrogen-bond acceptors (Lipinski definition) is 4. The molecule has 0 fully saturated rings. The number of halogens is 2. The second-order valence-electron chi connectivity index (χ2n) is 3.35. The molecule has 1 N–H and O–H groups in total. The average Bonchev–Trinajstić information content (AvgIpc) is 2.82. The SMILES string of the molecule is CCOC(=O)c1nc(-c2cc(Cl)ccc2I)n[nH]1. The number of benzene rings is 1. The van der Waals surface area contributed by atoms with E-state index in [2.05, 4.69) is 37.8 Å². The molecule has 2 rings (SSSR count). The molecule has 0 amide bonds. The maximum atomic E-state index is 11.5. The van der Waals surface area contributed by atoms with Crippen LogP contribution in [-0.2, 0) is 4.74 Å². The molecule has 0 atom stereocenters. The molecule has 5 nitrogen and oxygen atoms in total. The topological polar surface area (TPSA) is 67.9 Å². The summed E-state index contributed by atoms with van der Waals surface area (Å²) in [4.78, 5) is 15.6. The molecule has 0 radical (unpaired) electrons. The van der Waals surface area contributed by atoms with E-state index < -0.39 is 5.97 Å². The van der Waals surface area contributed by atoms with Gasteiger partial charge in [0.2, 0.25) is 5.82 Å². The zero-order valence-corrected chi connectivity index (χ0v) is 12.3. The lowest BCUT2D eigenvalue weighted by molar-refractivity contribution is 0.0512. The highest BCUT2D eigenvalue weighted by molar-refractivity contribution is 14.1. The number of rotatable bonds is 3. The first-order valence-electron chi connectivity index (χ1n) is 5.16. The van der Waals surface area contributed by atoms with E-state index in [9.17, 15) is 4.79 Å². The van der Waals surface area contributed by atoms with Gasteiger partial charge in [-0.3, -0.25) is 5.10 Å². The van der Waals surface area contributed by atoms with Crippen molar-refractivity contribution in [3.63, 3.8) is 0 Å². The lowest BCUT2D eigenvalue weighted by atomic mass is 10.2. The number of aromatic amines is 1. The molecule has 0 saturated heterocycles. The minimum absolute atomic E-state index is 0.0858. The fourth-order valence-electron chi connectivity index (χ4n) is 1.34. The summed E-state index contributed by atoms with van der Waals surface area (Å²) < 4.78 is 5.78. The van der Waals surface area contributed by atoms with E-state index in [1.165, 1.54) is 0 Å². The van der Waals surface area contributed by atoms with Crippen molar-refractivity contribution in [1.82, 2.24) is 15.2 Å². The molecular formula is C11H9ClIN3O2. The minimum atomic E-state index is -0.520. The Balaban J connectivity index is 2.35. The summed E-state index contributed by atoms with van der Waals surface area (Å²) in [5.41, 5.74) is 0.773. The summed E-state index contributed by atoms with van der Waals surface area (Å²) in [5.74, 6) is -0.0131. The zero-order chi connectivity index (χ0) is 13.1. The molecule has 0 aliphatic carbocycles. The normalized spacial score (nSPS) is 10.4. The highest BCUT2D eigenvalue weighted by Crippen LogP contribution is 2.25. The highest BCUT2D eigenvalue weighted by atomic mass is 127. The summed E-state index contributed by atoms with van der Waals surface area (Å²) in [6, 6.07) is 5.39. The van der Waals surface area contributed by atoms with Crippen LogP contribution in [0.4, 0.5) is 0 Å². The lowest BCUT2D eigenvalue weighted by Crippen LogP contribution is -2.06. The van der Waals surface area contributed by atoms with Crippen LogP contribution >= 0.6 is 34.2 Å². The Labute approximate surface area is 122 Å². The standard InChI is InChI=1S/C11H9ClIN3O2/c1-2-18-11(17)10-14-9(15-16-10)7-5-6(12)3-4-8(7)13/h3-5H,2H2,1H3,(H,14,15,16). The van der Waals surface area contributed by atoms with Gasteiger partial charge in [-0.1, -0.05) is 11.6 Å². The molecule has 0 spiro atoms. The van der Waals surface area contributed by atoms with Gasteiger partial charge in [-0.2, -0.15) is 5.10 Å². The number of nitrogens with one attached hydrogen (secondary N) is 1. The van der Waals surface area contributed by atoms with Gasteiger partial charge in [-0.25, -0.2) is 9.78 Å². The first-order chi connectivity index (χ1) is 8.61. The number of hydrogen-bond donors (Lipinski definition) is 1. The van der Waals surface area contributed by atoms with Crippen molar-refractivity contribution in [2.24, 2.45) is 0 Å².